The molecule has 0 N–H and O–H groups in total. The average Bonchev–Trinajstić information content (AvgIpc) is 1.82. The first kappa shape index (κ1) is 17.3. The molecule has 0 saturated carbocycles. The summed E-state index contributed by atoms with van der Waals surface area (Å²) >= 11 is 0. The summed E-state index contributed by atoms with van der Waals surface area (Å²) in [6, 6.07) is 0. The Bertz CT molecular complexity index is 194. The zero-order valence-electron chi connectivity index (χ0n) is 9.52. The Balaban J connectivity index is 0. The molecule has 0 atom stereocenters. The second-order valence-electron chi connectivity index (χ2n) is 5.52. The predicted octanol–water partition coefficient (Wildman–Crippen LogP) is 1.69. The van der Waals surface area contributed by atoms with Crippen LogP contribution >= 0.6 is 0 Å². The van der Waals surface area contributed by atoms with Crippen LogP contribution in [-0.2, 0) is 9.59 Å². The number of rotatable bonds is 2. The maximum atomic E-state index is 11.5. The van der Waals surface area contributed by atoms with Crippen LogP contribution < -0.4 is 0 Å². The van der Waals surface area contributed by atoms with Crippen molar-refractivity contribution in [3.05, 3.63) is 0 Å². The quantitative estimate of drug-likeness (QED) is 0.572. The summed E-state index contributed by atoms with van der Waals surface area (Å²) in [4.78, 5) is 23.0. The molecule has 0 radical (unpaired) electrons. The summed E-state index contributed by atoms with van der Waals surface area (Å²) in [5.41, 5.74) is -0.804. The van der Waals surface area contributed by atoms with Crippen molar-refractivity contribution >= 4 is 60.4 Å². The molecule has 0 bridgehead atoms. The summed E-state index contributed by atoms with van der Waals surface area (Å²) in [5.74, 6) is 0.0415. The van der Waals surface area contributed by atoms with Crippen molar-refractivity contribution in [3.63, 3.8) is 0 Å². The van der Waals surface area contributed by atoms with Gasteiger partial charge in [0.05, 0.1) is 6.42 Å². The van der Waals surface area contributed by atoms with E-state index >= 15 is 0 Å². The molecule has 0 aromatic heterocycles. The van der Waals surface area contributed by atoms with Crippen LogP contribution in [0.3, 0.4) is 0 Å². The van der Waals surface area contributed by atoms with Gasteiger partial charge in [0.25, 0.3) is 0 Å². The summed E-state index contributed by atoms with van der Waals surface area (Å²) in [6.07, 6.45) is 0.0625. The standard InChI is InChI=1S/C11H20O2.Ba.2H/c1-10(2,3)8(12)7-9(13)11(4,5)6;;;/h7H2,1-6H3;;;. The minimum atomic E-state index is -0.402. The molecule has 0 rings (SSSR count). The first-order valence-corrected chi connectivity index (χ1v) is 4.62. The van der Waals surface area contributed by atoms with Crippen molar-refractivity contribution in [1.82, 2.24) is 0 Å². The second kappa shape index (κ2) is 5.85. The van der Waals surface area contributed by atoms with E-state index in [1.807, 2.05) is 41.5 Å². The Morgan fingerprint density at radius 1 is 0.786 bits per heavy atom. The average molecular weight is 324 g/mol. The van der Waals surface area contributed by atoms with Gasteiger partial charge in [-0.3, -0.25) is 9.59 Å². The van der Waals surface area contributed by atoms with E-state index in [0.29, 0.717) is 0 Å². The predicted molar refractivity (Wildman–Crippen MR) is 62.1 cm³/mol. The van der Waals surface area contributed by atoms with Gasteiger partial charge in [0.15, 0.2) is 0 Å². The fourth-order valence-electron chi connectivity index (χ4n) is 0.676. The van der Waals surface area contributed by atoms with Crippen molar-refractivity contribution in [2.45, 2.75) is 48.0 Å². The molecule has 2 nitrogen and oxygen atoms in total. The van der Waals surface area contributed by atoms with Gasteiger partial charge in [0, 0.05) is 10.8 Å². The van der Waals surface area contributed by atoms with Crippen LogP contribution in [0.25, 0.3) is 0 Å². The van der Waals surface area contributed by atoms with Gasteiger partial charge in [-0.25, -0.2) is 0 Å². The number of ketones is 2. The molecule has 0 aliphatic carbocycles. The summed E-state index contributed by atoms with van der Waals surface area (Å²) < 4.78 is 0. The molecular formula is C11H22BaO2. The van der Waals surface area contributed by atoms with E-state index in [4.69, 9.17) is 0 Å². The molecule has 0 fully saturated rings. The van der Waals surface area contributed by atoms with Crippen molar-refractivity contribution in [1.29, 1.82) is 0 Å². The zero-order chi connectivity index (χ0) is 10.9. The summed E-state index contributed by atoms with van der Waals surface area (Å²) in [6.45, 7) is 11.0. The third-order valence-electron chi connectivity index (χ3n) is 1.99. The van der Waals surface area contributed by atoms with Crippen LogP contribution in [0.2, 0.25) is 0 Å². The number of carbonyl (C=O) groups excluding carboxylic acids is 2. The van der Waals surface area contributed by atoms with Crippen LogP contribution in [0.4, 0.5) is 0 Å². The molecule has 14 heavy (non-hydrogen) atoms. The fraction of sp³-hybridized carbons (Fsp3) is 0.818. The van der Waals surface area contributed by atoms with E-state index in [9.17, 15) is 9.59 Å². The maximum absolute atomic E-state index is 11.5. The van der Waals surface area contributed by atoms with E-state index < -0.39 is 10.8 Å². The zero-order valence-corrected chi connectivity index (χ0v) is 9.52. The normalized spacial score (nSPS) is 11.9. The molecule has 0 spiro atoms. The van der Waals surface area contributed by atoms with E-state index in [1.54, 1.807) is 0 Å². The van der Waals surface area contributed by atoms with Crippen LogP contribution in [0.15, 0.2) is 0 Å². The third kappa shape index (κ3) is 6.41. The molecule has 80 valence electrons. The molecule has 0 heterocycles. The van der Waals surface area contributed by atoms with Crippen LogP contribution in [0.5, 0.6) is 0 Å². The Morgan fingerprint density at radius 2 is 1.00 bits per heavy atom. The molecular weight excluding hydrogens is 301 g/mol. The Labute approximate surface area is 127 Å². The fourth-order valence-corrected chi connectivity index (χ4v) is 0.676. The van der Waals surface area contributed by atoms with E-state index in [2.05, 4.69) is 0 Å². The van der Waals surface area contributed by atoms with Crippen LogP contribution in [0.1, 0.15) is 48.0 Å². The number of Topliss-reactive ketones (excluding diaryl/α,β-unsaturated/α-hetero) is 2. The molecule has 0 amide bonds. The SMILES string of the molecule is CC(C)(C)C(=O)CC(=O)C(C)(C)C.[BaH2]. The van der Waals surface area contributed by atoms with E-state index in [0.717, 1.165) is 0 Å². The van der Waals surface area contributed by atoms with Gasteiger partial charge in [-0.15, -0.1) is 0 Å². The van der Waals surface area contributed by atoms with Crippen molar-refractivity contribution in [2.75, 3.05) is 0 Å². The first-order chi connectivity index (χ1) is 5.55. The van der Waals surface area contributed by atoms with Gasteiger partial charge < -0.3 is 0 Å². The number of carbonyl (C=O) groups is 2. The van der Waals surface area contributed by atoms with Gasteiger partial charge in [-0.05, 0) is 0 Å². The van der Waals surface area contributed by atoms with Gasteiger partial charge >= 0.3 is 48.9 Å². The molecule has 0 aliphatic rings. The topological polar surface area (TPSA) is 34.1 Å². The Kier molecular flexibility index (Phi) is 7.23. The minimum absolute atomic E-state index is 0. The van der Waals surface area contributed by atoms with Gasteiger partial charge in [-0.1, -0.05) is 41.5 Å². The van der Waals surface area contributed by atoms with Crippen LogP contribution in [-0.4, -0.2) is 60.4 Å². The molecule has 0 aliphatic heterocycles. The molecule has 0 aromatic carbocycles. The van der Waals surface area contributed by atoms with E-state index in [1.165, 1.54) is 0 Å². The van der Waals surface area contributed by atoms with Crippen molar-refractivity contribution < 1.29 is 9.59 Å². The second-order valence-corrected chi connectivity index (χ2v) is 5.52. The van der Waals surface area contributed by atoms with Gasteiger partial charge in [0.2, 0.25) is 0 Å². The van der Waals surface area contributed by atoms with Crippen molar-refractivity contribution in [3.8, 4) is 0 Å². The molecule has 0 saturated heterocycles. The van der Waals surface area contributed by atoms with Crippen molar-refractivity contribution in [2.24, 2.45) is 10.8 Å². The van der Waals surface area contributed by atoms with Gasteiger partial charge in [-0.2, -0.15) is 0 Å². The monoisotopic (exact) mass is 324 g/mol. The third-order valence-corrected chi connectivity index (χ3v) is 1.99. The molecule has 0 aromatic rings. The number of hydrogen-bond acceptors (Lipinski definition) is 2. The number of hydrogen-bond donors (Lipinski definition) is 0. The van der Waals surface area contributed by atoms with Gasteiger partial charge in [0.1, 0.15) is 11.6 Å². The Hall–Kier alpha value is 0.911. The summed E-state index contributed by atoms with van der Waals surface area (Å²) in [7, 11) is 0. The van der Waals surface area contributed by atoms with E-state index in [-0.39, 0.29) is 66.9 Å². The first-order valence-electron chi connectivity index (χ1n) is 4.62. The summed E-state index contributed by atoms with van der Waals surface area (Å²) in [5, 5.41) is 0. The Morgan fingerprint density at radius 3 is 1.14 bits per heavy atom. The van der Waals surface area contributed by atoms with Crippen LogP contribution in [0, 0.1) is 10.8 Å². The molecule has 0 unspecified atom stereocenters. The molecule has 3 heteroatoms.